The Morgan fingerprint density at radius 1 is 1.22 bits per heavy atom. The number of carboxylic acid groups (broad SMARTS) is 1. The molecule has 0 aromatic rings. The van der Waals surface area contributed by atoms with Gasteiger partial charge in [-0.2, -0.15) is 0 Å². The lowest BCUT2D eigenvalue weighted by Crippen LogP contribution is -2.18. The van der Waals surface area contributed by atoms with Gasteiger partial charge in [0, 0.05) is 24.8 Å². The second-order valence-electron chi connectivity index (χ2n) is 4.83. The maximum Gasteiger partial charge on any atom is 0.335 e. The van der Waals surface area contributed by atoms with E-state index in [9.17, 15) is 14.7 Å². The summed E-state index contributed by atoms with van der Waals surface area (Å²) in [5, 5.41) is 9.21. The number of ketones is 1. The highest BCUT2D eigenvalue weighted by molar-refractivity contribution is 6.05. The minimum absolute atomic E-state index is 0.0196. The summed E-state index contributed by atoms with van der Waals surface area (Å²) in [6, 6.07) is 0. The molecule has 2 aliphatic heterocycles. The van der Waals surface area contributed by atoms with Gasteiger partial charge in [0.15, 0.2) is 5.78 Å². The summed E-state index contributed by atoms with van der Waals surface area (Å²) >= 11 is 0. The number of hydrogen-bond acceptors (Lipinski definition) is 4. The fourth-order valence-corrected chi connectivity index (χ4v) is 2.29. The van der Waals surface area contributed by atoms with Crippen LogP contribution in [0.3, 0.4) is 0 Å². The number of rotatable bonds is 5. The van der Waals surface area contributed by atoms with E-state index in [1.807, 2.05) is 0 Å². The molecule has 0 bridgehead atoms. The zero-order chi connectivity index (χ0) is 12.7. The zero-order valence-electron chi connectivity index (χ0n) is 9.85. The van der Waals surface area contributed by atoms with Crippen molar-refractivity contribution in [3.63, 3.8) is 0 Å². The molecule has 3 aliphatic rings. The summed E-state index contributed by atoms with van der Waals surface area (Å²) in [6.45, 7) is 1.31. The summed E-state index contributed by atoms with van der Waals surface area (Å²) in [4.78, 5) is 23.2. The van der Waals surface area contributed by atoms with Crippen LogP contribution in [0.5, 0.6) is 0 Å². The SMILES string of the molecule is O=C(O)C1=CCC(=O)C(CC2CO2)=C1CC1CO1. The van der Waals surface area contributed by atoms with Crippen molar-refractivity contribution in [3.05, 3.63) is 22.8 Å². The van der Waals surface area contributed by atoms with E-state index in [0.29, 0.717) is 37.2 Å². The number of carboxylic acids is 1. The molecule has 0 aromatic heterocycles. The lowest BCUT2D eigenvalue weighted by molar-refractivity contribution is -0.132. The van der Waals surface area contributed by atoms with Gasteiger partial charge in [-0.15, -0.1) is 0 Å². The first-order valence-corrected chi connectivity index (χ1v) is 6.07. The standard InChI is InChI=1S/C13H14O5/c14-12-2-1-9(13(15)16)10(3-7-5-17-7)11(12)4-8-6-18-8/h1,7-8H,2-6H2,(H,15,16). The van der Waals surface area contributed by atoms with Crippen LogP contribution in [0.1, 0.15) is 19.3 Å². The molecule has 2 saturated heterocycles. The van der Waals surface area contributed by atoms with Gasteiger partial charge in [0.1, 0.15) is 0 Å². The van der Waals surface area contributed by atoms with E-state index < -0.39 is 5.97 Å². The topological polar surface area (TPSA) is 79.4 Å². The van der Waals surface area contributed by atoms with E-state index >= 15 is 0 Å². The van der Waals surface area contributed by atoms with Crippen molar-refractivity contribution >= 4 is 11.8 Å². The predicted molar refractivity (Wildman–Crippen MR) is 61.1 cm³/mol. The largest absolute Gasteiger partial charge is 0.478 e. The van der Waals surface area contributed by atoms with Gasteiger partial charge in [0.2, 0.25) is 0 Å². The predicted octanol–water partition coefficient (Wildman–Crippen LogP) is 0.845. The van der Waals surface area contributed by atoms with Crippen LogP contribution in [0.25, 0.3) is 0 Å². The van der Waals surface area contributed by atoms with Gasteiger partial charge in [0.25, 0.3) is 0 Å². The number of allylic oxidation sites excluding steroid dienone is 1. The van der Waals surface area contributed by atoms with Crippen LogP contribution in [-0.2, 0) is 19.1 Å². The Hall–Kier alpha value is -1.46. The average Bonchev–Trinajstić information content (AvgIpc) is 3.18. The van der Waals surface area contributed by atoms with Gasteiger partial charge in [-0.05, 0) is 5.57 Å². The van der Waals surface area contributed by atoms with E-state index in [2.05, 4.69) is 0 Å². The van der Waals surface area contributed by atoms with Gasteiger partial charge >= 0.3 is 5.97 Å². The lowest BCUT2D eigenvalue weighted by Gasteiger charge is -2.18. The molecule has 18 heavy (non-hydrogen) atoms. The first-order chi connectivity index (χ1) is 8.65. The van der Waals surface area contributed by atoms with Gasteiger partial charge in [-0.1, -0.05) is 6.08 Å². The highest BCUT2D eigenvalue weighted by atomic mass is 16.6. The van der Waals surface area contributed by atoms with Crippen molar-refractivity contribution in [2.45, 2.75) is 31.5 Å². The van der Waals surface area contributed by atoms with Crippen LogP contribution in [0.4, 0.5) is 0 Å². The Balaban J connectivity index is 1.92. The van der Waals surface area contributed by atoms with E-state index in [0.717, 1.165) is 0 Å². The third-order valence-electron chi connectivity index (χ3n) is 3.42. The minimum Gasteiger partial charge on any atom is -0.478 e. The maximum absolute atomic E-state index is 11.9. The number of carbonyl (C=O) groups excluding carboxylic acids is 1. The summed E-state index contributed by atoms with van der Waals surface area (Å²) in [5.41, 5.74) is 1.55. The Labute approximate surface area is 104 Å². The van der Waals surface area contributed by atoms with E-state index in [1.54, 1.807) is 0 Å². The van der Waals surface area contributed by atoms with E-state index in [1.165, 1.54) is 6.08 Å². The first kappa shape index (κ1) is 11.6. The Kier molecular flexibility index (Phi) is 2.80. The molecule has 5 nitrogen and oxygen atoms in total. The maximum atomic E-state index is 11.9. The molecule has 1 N–H and O–H groups in total. The van der Waals surface area contributed by atoms with Crippen LogP contribution < -0.4 is 0 Å². The van der Waals surface area contributed by atoms with Crippen LogP contribution in [0.15, 0.2) is 22.8 Å². The molecule has 0 amide bonds. The monoisotopic (exact) mass is 250 g/mol. The molecule has 5 heteroatoms. The molecule has 2 heterocycles. The molecule has 1 aliphatic carbocycles. The van der Waals surface area contributed by atoms with Gasteiger partial charge in [-0.3, -0.25) is 4.79 Å². The second-order valence-corrected chi connectivity index (χ2v) is 4.83. The quantitative estimate of drug-likeness (QED) is 0.731. The lowest BCUT2D eigenvalue weighted by atomic mass is 9.85. The van der Waals surface area contributed by atoms with Crippen molar-refractivity contribution in [3.8, 4) is 0 Å². The molecule has 2 atom stereocenters. The summed E-state index contributed by atoms with van der Waals surface area (Å²) in [7, 11) is 0. The highest BCUT2D eigenvalue weighted by Gasteiger charge is 2.35. The smallest absolute Gasteiger partial charge is 0.335 e. The van der Waals surface area contributed by atoms with E-state index in [4.69, 9.17) is 9.47 Å². The van der Waals surface area contributed by atoms with Crippen molar-refractivity contribution in [2.24, 2.45) is 0 Å². The van der Waals surface area contributed by atoms with Gasteiger partial charge < -0.3 is 14.6 Å². The van der Waals surface area contributed by atoms with Crippen molar-refractivity contribution in [2.75, 3.05) is 13.2 Å². The molecular formula is C13H14O5. The van der Waals surface area contributed by atoms with Gasteiger partial charge in [-0.25, -0.2) is 4.79 Å². The van der Waals surface area contributed by atoms with Crippen molar-refractivity contribution < 1.29 is 24.2 Å². The summed E-state index contributed by atoms with van der Waals surface area (Å²) in [6.07, 6.45) is 2.91. The van der Waals surface area contributed by atoms with Crippen molar-refractivity contribution in [1.29, 1.82) is 0 Å². The fraction of sp³-hybridized carbons (Fsp3) is 0.538. The van der Waals surface area contributed by atoms with Crippen LogP contribution >= 0.6 is 0 Å². The van der Waals surface area contributed by atoms with Gasteiger partial charge in [0.05, 0.1) is 31.0 Å². The highest BCUT2D eigenvalue weighted by Crippen LogP contribution is 2.34. The molecule has 3 rings (SSSR count). The van der Waals surface area contributed by atoms with Crippen LogP contribution in [0.2, 0.25) is 0 Å². The number of aliphatic carboxylic acids is 1. The van der Waals surface area contributed by atoms with Crippen LogP contribution in [-0.4, -0.2) is 42.3 Å². The summed E-state index contributed by atoms with van der Waals surface area (Å²) in [5.74, 6) is -0.946. The first-order valence-electron chi connectivity index (χ1n) is 6.07. The minimum atomic E-state index is -0.965. The third-order valence-corrected chi connectivity index (χ3v) is 3.42. The van der Waals surface area contributed by atoms with Crippen molar-refractivity contribution in [1.82, 2.24) is 0 Å². The van der Waals surface area contributed by atoms with E-state index in [-0.39, 0.29) is 30.0 Å². The molecule has 96 valence electrons. The molecule has 0 spiro atoms. The Morgan fingerprint density at radius 3 is 2.28 bits per heavy atom. The number of carbonyl (C=O) groups is 2. The number of Topliss-reactive ketones (excluding diaryl/α,β-unsaturated/α-hetero) is 1. The molecule has 2 fully saturated rings. The van der Waals surface area contributed by atoms with Crippen LogP contribution in [0, 0.1) is 0 Å². The molecular weight excluding hydrogens is 236 g/mol. The number of ether oxygens (including phenoxy) is 2. The molecule has 2 unspecified atom stereocenters. The average molecular weight is 250 g/mol. The molecule has 0 saturated carbocycles. The molecule has 0 radical (unpaired) electrons. The molecule has 0 aromatic carbocycles. The Morgan fingerprint density at radius 2 is 1.78 bits per heavy atom. The number of epoxide rings is 2. The summed E-state index contributed by atoms with van der Waals surface area (Å²) < 4.78 is 10.3. The normalized spacial score (nSPS) is 30.2. The number of hydrogen-bond donors (Lipinski definition) is 1. The third kappa shape index (κ3) is 2.37. The fourth-order valence-electron chi connectivity index (χ4n) is 2.29. The zero-order valence-corrected chi connectivity index (χ0v) is 9.85. The second kappa shape index (κ2) is 4.33. The Bertz CT molecular complexity index is 466.